The summed E-state index contributed by atoms with van der Waals surface area (Å²) in [4.78, 5) is 11.6. The lowest BCUT2D eigenvalue weighted by Gasteiger charge is -2.19. The Morgan fingerprint density at radius 1 is 1.10 bits per heavy atom. The number of nitrogens with one attached hydrogen (secondary N) is 1. The lowest BCUT2D eigenvalue weighted by Crippen LogP contribution is -2.16. The first kappa shape index (κ1) is 14.1. The van der Waals surface area contributed by atoms with Gasteiger partial charge < -0.3 is 10.1 Å². The van der Waals surface area contributed by atoms with E-state index in [9.17, 15) is 4.79 Å². The van der Waals surface area contributed by atoms with Crippen LogP contribution in [-0.2, 0) is 9.53 Å². The number of ether oxygens (including phenoxy) is 1. The van der Waals surface area contributed by atoms with Gasteiger partial charge >= 0.3 is 5.97 Å². The molecule has 0 amide bonds. The first-order valence-electron chi connectivity index (χ1n) is 6.64. The van der Waals surface area contributed by atoms with E-state index in [1.165, 1.54) is 12.7 Å². The van der Waals surface area contributed by atoms with Gasteiger partial charge in [0.05, 0.1) is 19.6 Å². The maximum atomic E-state index is 11.6. The number of hydrogen-bond donors (Lipinski definition) is 1. The molecule has 104 valence electrons. The summed E-state index contributed by atoms with van der Waals surface area (Å²) in [6.45, 7) is 2.05. The predicted octanol–water partition coefficient (Wildman–Crippen LogP) is 3.71. The highest BCUT2D eigenvalue weighted by Gasteiger charge is 2.16. The number of methoxy groups -OCH3 is 1. The third kappa shape index (κ3) is 3.85. The van der Waals surface area contributed by atoms with Crippen LogP contribution in [0.2, 0.25) is 0 Å². The molecule has 0 unspecified atom stereocenters. The highest BCUT2D eigenvalue weighted by atomic mass is 16.5. The number of esters is 1. The SMILES string of the molecule is COC(=O)C[C@@H](Nc1ccccc1)c1ccc(C)cc1. The van der Waals surface area contributed by atoms with Gasteiger partial charge in [-0.15, -0.1) is 0 Å². The highest BCUT2D eigenvalue weighted by molar-refractivity contribution is 5.71. The maximum Gasteiger partial charge on any atom is 0.307 e. The van der Waals surface area contributed by atoms with Crippen molar-refractivity contribution in [3.8, 4) is 0 Å². The summed E-state index contributed by atoms with van der Waals surface area (Å²) < 4.78 is 4.78. The molecule has 0 heterocycles. The van der Waals surface area contributed by atoms with Crippen molar-refractivity contribution in [1.29, 1.82) is 0 Å². The van der Waals surface area contributed by atoms with Gasteiger partial charge in [-0.1, -0.05) is 48.0 Å². The molecule has 3 heteroatoms. The Morgan fingerprint density at radius 3 is 2.35 bits per heavy atom. The minimum absolute atomic E-state index is 0.0922. The third-order valence-electron chi connectivity index (χ3n) is 3.19. The molecule has 2 aromatic rings. The van der Waals surface area contributed by atoms with Gasteiger partial charge in [-0.2, -0.15) is 0 Å². The molecule has 0 saturated heterocycles. The van der Waals surface area contributed by atoms with Crippen molar-refractivity contribution in [2.24, 2.45) is 0 Å². The quantitative estimate of drug-likeness (QED) is 0.841. The average Bonchev–Trinajstić information content (AvgIpc) is 2.48. The first-order valence-corrected chi connectivity index (χ1v) is 6.64. The van der Waals surface area contributed by atoms with E-state index < -0.39 is 0 Å². The number of rotatable bonds is 5. The van der Waals surface area contributed by atoms with Crippen molar-refractivity contribution in [3.63, 3.8) is 0 Å². The zero-order valence-corrected chi connectivity index (χ0v) is 11.8. The van der Waals surface area contributed by atoms with Crippen LogP contribution in [0.1, 0.15) is 23.6 Å². The molecule has 1 atom stereocenters. The second-order valence-corrected chi connectivity index (χ2v) is 4.75. The molecule has 20 heavy (non-hydrogen) atoms. The van der Waals surface area contributed by atoms with Crippen LogP contribution in [0.15, 0.2) is 54.6 Å². The van der Waals surface area contributed by atoms with Crippen LogP contribution in [0.5, 0.6) is 0 Å². The maximum absolute atomic E-state index is 11.6. The van der Waals surface area contributed by atoms with E-state index in [0.29, 0.717) is 6.42 Å². The number of hydrogen-bond acceptors (Lipinski definition) is 3. The fraction of sp³-hybridized carbons (Fsp3) is 0.235. The number of para-hydroxylation sites is 1. The summed E-state index contributed by atoms with van der Waals surface area (Å²) in [6, 6.07) is 17.9. The zero-order valence-electron chi connectivity index (χ0n) is 11.8. The minimum Gasteiger partial charge on any atom is -0.469 e. The lowest BCUT2D eigenvalue weighted by molar-refractivity contribution is -0.140. The number of carbonyl (C=O) groups is 1. The van der Waals surface area contributed by atoms with Crippen molar-refractivity contribution in [2.45, 2.75) is 19.4 Å². The summed E-state index contributed by atoms with van der Waals surface area (Å²) in [5.74, 6) is -0.223. The van der Waals surface area contributed by atoms with Gasteiger partial charge in [-0.25, -0.2) is 0 Å². The zero-order chi connectivity index (χ0) is 14.4. The largest absolute Gasteiger partial charge is 0.469 e. The normalized spacial score (nSPS) is 11.7. The van der Waals surface area contributed by atoms with E-state index in [0.717, 1.165) is 11.3 Å². The minimum atomic E-state index is -0.223. The Kier molecular flexibility index (Phi) is 4.77. The van der Waals surface area contributed by atoms with Crippen LogP contribution < -0.4 is 5.32 Å². The predicted molar refractivity (Wildman–Crippen MR) is 80.6 cm³/mol. The van der Waals surface area contributed by atoms with Crippen LogP contribution in [-0.4, -0.2) is 13.1 Å². The molecule has 0 aliphatic carbocycles. The van der Waals surface area contributed by atoms with Crippen LogP contribution in [0.4, 0.5) is 5.69 Å². The van der Waals surface area contributed by atoms with E-state index in [1.54, 1.807) is 0 Å². The van der Waals surface area contributed by atoms with E-state index in [2.05, 4.69) is 5.32 Å². The van der Waals surface area contributed by atoms with Gasteiger partial charge in [-0.05, 0) is 24.6 Å². The van der Waals surface area contributed by atoms with Crippen molar-refractivity contribution in [1.82, 2.24) is 0 Å². The van der Waals surface area contributed by atoms with Crippen LogP contribution >= 0.6 is 0 Å². The van der Waals surface area contributed by atoms with Gasteiger partial charge in [-0.3, -0.25) is 4.79 Å². The first-order chi connectivity index (χ1) is 9.69. The van der Waals surface area contributed by atoms with Crippen molar-refractivity contribution in [2.75, 3.05) is 12.4 Å². The second-order valence-electron chi connectivity index (χ2n) is 4.75. The van der Waals surface area contributed by atoms with E-state index in [-0.39, 0.29) is 12.0 Å². The Hall–Kier alpha value is -2.29. The Balaban J connectivity index is 2.20. The van der Waals surface area contributed by atoms with Crippen LogP contribution in [0.3, 0.4) is 0 Å². The summed E-state index contributed by atoms with van der Waals surface area (Å²) in [5.41, 5.74) is 3.26. The van der Waals surface area contributed by atoms with E-state index in [1.807, 2.05) is 61.5 Å². The molecule has 3 nitrogen and oxygen atoms in total. The summed E-state index contributed by atoms with van der Waals surface area (Å²) in [6.07, 6.45) is 0.300. The van der Waals surface area contributed by atoms with E-state index in [4.69, 9.17) is 4.74 Å². The number of benzene rings is 2. The topological polar surface area (TPSA) is 38.3 Å². The second kappa shape index (κ2) is 6.75. The molecule has 0 spiro atoms. The standard InChI is InChI=1S/C17H19NO2/c1-13-8-10-14(11-9-13)16(12-17(19)20-2)18-15-6-4-3-5-7-15/h3-11,16,18H,12H2,1-2H3/t16-/m1/s1. The number of aryl methyl sites for hydroxylation is 1. The van der Waals surface area contributed by atoms with Crippen LogP contribution in [0, 0.1) is 6.92 Å². The highest BCUT2D eigenvalue weighted by Crippen LogP contribution is 2.23. The van der Waals surface area contributed by atoms with Gasteiger partial charge in [0.1, 0.15) is 0 Å². The Labute approximate surface area is 119 Å². The van der Waals surface area contributed by atoms with Crippen molar-refractivity contribution in [3.05, 3.63) is 65.7 Å². The molecule has 0 fully saturated rings. The van der Waals surface area contributed by atoms with E-state index >= 15 is 0 Å². The summed E-state index contributed by atoms with van der Waals surface area (Å²) >= 11 is 0. The molecule has 0 bridgehead atoms. The molecule has 0 saturated carbocycles. The molecule has 0 radical (unpaired) electrons. The average molecular weight is 269 g/mol. The summed E-state index contributed by atoms with van der Waals surface area (Å²) in [5, 5.41) is 3.38. The summed E-state index contributed by atoms with van der Waals surface area (Å²) in [7, 11) is 1.41. The van der Waals surface area contributed by atoms with Gasteiger partial charge in [0.15, 0.2) is 0 Å². The number of carbonyl (C=O) groups excluding carboxylic acids is 1. The third-order valence-corrected chi connectivity index (χ3v) is 3.19. The molecule has 0 aliphatic rings. The smallest absolute Gasteiger partial charge is 0.307 e. The number of anilines is 1. The Morgan fingerprint density at radius 2 is 1.75 bits per heavy atom. The van der Waals surface area contributed by atoms with Gasteiger partial charge in [0, 0.05) is 5.69 Å². The molecular formula is C17H19NO2. The molecular weight excluding hydrogens is 250 g/mol. The Bertz CT molecular complexity index is 549. The molecule has 1 N–H and O–H groups in total. The molecule has 2 rings (SSSR count). The molecule has 2 aromatic carbocycles. The monoisotopic (exact) mass is 269 g/mol. The van der Waals surface area contributed by atoms with Crippen LogP contribution in [0.25, 0.3) is 0 Å². The molecule has 0 aromatic heterocycles. The fourth-order valence-corrected chi connectivity index (χ4v) is 2.04. The molecule has 0 aliphatic heterocycles. The van der Waals surface area contributed by atoms with Crippen molar-refractivity contribution < 1.29 is 9.53 Å². The van der Waals surface area contributed by atoms with Gasteiger partial charge in [0.25, 0.3) is 0 Å². The lowest BCUT2D eigenvalue weighted by atomic mass is 10.0. The van der Waals surface area contributed by atoms with Gasteiger partial charge in [0.2, 0.25) is 0 Å². The van der Waals surface area contributed by atoms with Crippen molar-refractivity contribution >= 4 is 11.7 Å². The fourth-order valence-electron chi connectivity index (χ4n) is 2.04.